The zero-order valence-electron chi connectivity index (χ0n) is 18.1. The van der Waals surface area contributed by atoms with Gasteiger partial charge in [-0.2, -0.15) is 26.7 Å². The predicted molar refractivity (Wildman–Crippen MR) is 119 cm³/mol. The highest BCUT2D eigenvalue weighted by atomic mass is 32.2. The number of rotatable bonds is 8. The summed E-state index contributed by atoms with van der Waals surface area (Å²) in [6, 6.07) is 9.47. The molecule has 0 aliphatic rings. The van der Waals surface area contributed by atoms with Crippen molar-refractivity contribution in [3.8, 4) is 11.5 Å². The van der Waals surface area contributed by atoms with Gasteiger partial charge in [0.25, 0.3) is 5.69 Å². The molecule has 1 N–H and O–H groups in total. The third-order valence-electron chi connectivity index (χ3n) is 4.54. The fraction of sp³-hybridized carbons (Fsp3) is 0.143. The Hall–Kier alpha value is -4.20. The molecule has 0 bridgehead atoms. The molecule has 2 aromatic carbocycles. The molecule has 10 nitrogen and oxygen atoms in total. The molecule has 0 fully saturated rings. The topological polar surface area (TPSA) is 133 Å². The van der Waals surface area contributed by atoms with Crippen LogP contribution in [0.5, 0.6) is 11.5 Å². The zero-order valence-corrected chi connectivity index (χ0v) is 18.9. The van der Waals surface area contributed by atoms with E-state index in [4.69, 9.17) is 8.92 Å². The first-order chi connectivity index (χ1) is 16.4. The minimum atomic E-state index is -4.50. The lowest BCUT2D eigenvalue weighted by molar-refractivity contribution is -0.385. The molecule has 184 valence electrons. The Morgan fingerprint density at radius 2 is 1.86 bits per heavy atom. The van der Waals surface area contributed by atoms with E-state index in [-0.39, 0.29) is 28.6 Å². The molecule has 0 atom stereocenters. The number of hydrogen-bond donors (Lipinski definition) is 1. The normalized spacial score (nSPS) is 11.9. The number of pyridine rings is 1. The van der Waals surface area contributed by atoms with Gasteiger partial charge in [0.2, 0.25) is 0 Å². The number of anilines is 1. The minimum Gasteiger partial charge on any atom is -0.493 e. The summed E-state index contributed by atoms with van der Waals surface area (Å²) in [7, 11) is -3.14. The Labute approximate surface area is 197 Å². The summed E-state index contributed by atoms with van der Waals surface area (Å²) in [5.74, 6) is -0.0866. The van der Waals surface area contributed by atoms with Crippen LogP contribution in [0.15, 0.2) is 64.7 Å². The molecule has 1 heterocycles. The summed E-state index contributed by atoms with van der Waals surface area (Å²) in [6.07, 6.45) is -2.55. The molecule has 1 aromatic heterocycles. The average molecular weight is 510 g/mol. The number of hydrogen-bond acceptors (Lipinski definition) is 9. The van der Waals surface area contributed by atoms with Gasteiger partial charge in [0.15, 0.2) is 11.5 Å². The summed E-state index contributed by atoms with van der Waals surface area (Å²) in [4.78, 5) is 13.6. The summed E-state index contributed by atoms with van der Waals surface area (Å²) < 4.78 is 73.3. The van der Waals surface area contributed by atoms with Gasteiger partial charge in [-0.25, -0.2) is 4.98 Å². The molecule has 3 rings (SSSR count). The number of nitro groups is 1. The van der Waals surface area contributed by atoms with Crippen molar-refractivity contribution in [2.45, 2.75) is 18.0 Å². The molecular weight excluding hydrogens is 493 g/mol. The van der Waals surface area contributed by atoms with Crippen LogP contribution in [-0.2, 0) is 16.3 Å². The van der Waals surface area contributed by atoms with E-state index in [0.717, 1.165) is 18.2 Å². The van der Waals surface area contributed by atoms with Gasteiger partial charge >= 0.3 is 16.3 Å². The maximum atomic E-state index is 12.6. The van der Waals surface area contributed by atoms with Crippen LogP contribution >= 0.6 is 0 Å². The number of nitrogens with one attached hydrogen (secondary N) is 1. The number of benzene rings is 2. The highest BCUT2D eigenvalue weighted by Crippen LogP contribution is 2.32. The highest BCUT2D eigenvalue weighted by molar-refractivity contribution is 7.87. The molecule has 0 aliphatic carbocycles. The van der Waals surface area contributed by atoms with E-state index in [2.05, 4.69) is 15.5 Å². The van der Waals surface area contributed by atoms with Gasteiger partial charge in [-0.3, -0.25) is 15.5 Å². The first-order valence-corrected chi connectivity index (χ1v) is 11.0. The third kappa shape index (κ3) is 6.23. The summed E-state index contributed by atoms with van der Waals surface area (Å²) >= 11 is 0. The third-order valence-corrected chi connectivity index (χ3v) is 5.77. The molecule has 35 heavy (non-hydrogen) atoms. The van der Waals surface area contributed by atoms with Crippen LogP contribution in [0, 0.1) is 17.0 Å². The van der Waals surface area contributed by atoms with Crippen LogP contribution in [0.1, 0.15) is 16.7 Å². The van der Waals surface area contributed by atoms with E-state index < -0.39 is 31.7 Å². The molecule has 0 unspecified atom stereocenters. The molecule has 0 radical (unpaired) electrons. The second-order valence-corrected chi connectivity index (χ2v) is 8.50. The van der Waals surface area contributed by atoms with Gasteiger partial charge in [0.05, 0.1) is 23.8 Å². The predicted octanol–water partition coefficient (Wildman–Crippen LogP) is 4.54. The van der Waals surface area contributed by atoms with Crippen molar-refractivity contribution in [2.24, 2.45) is 5.10 Å². The number of halogens is 3. The van der Waals surface area contributed by atoms with Gasteiger partial charge < -0.3 is 8.92 Å². The van der Waals surface area contributed by atoms with E-state index in [1.807, 2.05) is 0 Å². The van der Waals surface area contributed by atoms with Gasteiger partial charge in [-0.05, 0) is 48.9 Å². The molecule has 0 aliphatic heterocycles. The fourth-order valence-electron chi connectivity index (χ4n) is 2.74. The quantitative estimate of drug-likeness (QED) is 0.202. The number of alkyl halides is 3. The molecule has 0 amide bonds. The standard InChI is InChI=1S/C21H17F3N4O6S/c1-13-3-6-16(10-17(13)28(29)30)35(31,32)34-18-7-4-14(9-19(18)33-2)11-26-27-20-8-5-15(12-25-20)21(22,23)24/h3-12H,1-2H3,(H,25,27)/b26-11-. The number of hydrazone groups is 1. The SMILES string of the molecule is COc1cc(/C=N\Nc2ccc(C(F)(F)F)cn2)ccc1OS(=O)(=O)c1ccc(C)c([N+](=O)[O-])c1. The Morgan fingerprint density at radius 1 is 1.11 bits per heavy atom. The van der Waals surface area contributed by atoms with Crippen LogP contribution in [0.4, 0.5) is 24.7 Å². The van der Waals surface area contributed by atoms with Crippen molar-refractivity contribution in [1.29, 1.82) is 0 Å². The number of ether oxygens (including phenoxy) is 1. The lowest BCUT2D eigenvalue weighted by Crippen LogP contribution is -2.11. The molecule has 0 spiro atoms. The van der Waals surface area contributed by atoms with Gasteiger partial charge in [0, 0.05) is 17.8 Å². The van der Waals surface area contributed by atoms with Crippen molar-refractivity contribution in [2.75, 3.05) is 12.5 Å². The number of aryl methyl sites for hydroxylation is 1. The van der Waals surface area contributed by atoms with Crippen LogP contribution in [-0.4, -0.2) is 31.6 Å². The first kappa shape index (κ1) is 25.4. The Morgan fingerprint density at radius 3 is 2.46 bits per heavy atom. The molecule has 3 aromatic rings. The van der Waals surface area contributed by atoms with E-state index in [1.165, 1.54) is 50.6 Å². The van der Waals surface area contributed by atoms with E-state index in [0.29, 0.717) is 11.8 Å². The second kappa shape index (κ2) is 9.97. The molecule has 14 heteroatoms. The molecular formula is C21H17F3N4O6S. The lowest BCUT2D eigenvalue weighted by atomic mass is 10.2. The van der Waals surface area contributed by atoms with Gasteiger partial charge in [-0.15, -0.1) is 0 Å². The highest BCUT2D eigenvalue weighted by Gasteiger charge is 2.30. The Balaban J connectivity index is 1.76. The van der Waals surface area contributed by atoms with Crippen LogP contribution < -0.4 is 14.3 Å². The summed E-state index contributed by atoms with van der Waals surface area (Å²) in [5, 5.41) is 15.0. The zero-order chi connectivity index (χ0) is 25.8. The fourth-order valence-corrected chi connectivity index (χ4v) is 3.70. The summed E-state index contributed by atoms with van der Waals surface area (Å²) in [5.41, 5.74) is 1.91. The largest absolute Gasteiger partial charge is 0.493 e. The Kier molecular flexibility index (Phi) is 7.24. The molecule has 0 saturated carbocycles. The number of nitro benzene ring substituents is 1. The van der Waals surface area contributed by atoms with Gasteiger partial charge in [-0.1, -0.05) is 6.07 Å². The van der Waals surface area contributed by atoms with Crippen LogP contribution in [0.25, 0.3) is 0 Å². The van der Waals surface area contributed by atoms with E-state index in [1.54, 1.807) is 0 Å². The Bertz CT molecular complexity index is 1380. The minimum absolute atomic E-state index is 0.0202. The van der Waals surface area contributed by atoms with Crippen molar-refractivity contribution in [3.63, 3.8) is 0 Å². The smallest absolute Gasteiger partial charge is 0.417 e. The second-order valence-electron chi connectivity index (χ2n) is 6.95. The van der Waals surface area contributed by atoms with Crippen molar-refractivity contribution in [1.82, 2.24) is 4.98 Å². The van der Waals surface area contributed by atoms with Crippen molar-refractivity contribution < 1.29 is 35.4 Å². The van der Waals surface area contributed by atoms with Crippen LogP contribution in [0.3, 0.4) is 0 Å². The first-order valence-electron chi connectivity index (χ1n) is 9.60. The number of methoxy groups -OCH3 is 1. The number of nitrogens with zero attached hydrogens (tertiary/aromatic N) is 3. The average Bonchev–Trinajstić information content (AvgIpc) is 2.79. The van der Waals surface area contributed by atoms with Crippen LogP contribution in [0.2, 0.25) is 0 Å². The van der Waals surface area contributed by atoms with Crippen molar-refractivity contribution >= 4 is 27.8 Å². The monoisotopic (exact) mass is 510 g/mol. The van der Waals surface area contributed by atoms with E-state index >= 15 is 0 Å². The molecule has 0 saturated heterocycles. The van der Waals surface area contributed by atoms with E-state index in [9.17, 15) is 31.7 Å². The maximum absolute atomic E-state index is 12.6. The summed E-state index contributed by atoms with van der Waals surface area (Å²) in [6.45, 7) is 1.47. The van der Waals surface area contributed by atoms with Gasteiger partial charge in [0.1, 0.15) is 10.7 Å². The van der Waals surface area contributed by atoms with Crippen molar-refractivity contribution in [3.05, 3.63) is 81.5 Å². The number of aromatic nitrogens is 1. The maximum Gasteiger partial charge on any atom is 0.417 e. The lowest BCUT2D eigenvalue weighted by Gasteiger charge is -2.11.